The number of ether oxygens (including phenoxy) is 1. The number of nitro benzene ring substituents is 1. The smallest absolute Gasteiger partial charge is 0.289 e. The molecule has 0 saturated heterocycles. The molecule has 6 nitrogen and oxygen atoms in total. The molecule has 0 fully saturated rings. The zero-order valence-corrected chi connectivity index (χ0v) is 14.3. The Hall–Kier alpha value is -2.60. The number of halogens is 1. The highest BCUT2D eigenvalue weighted by atomic mass is 35.5. The fourth-order valence-electron chi connectivity index (χ4n) is 2.23. The minimum absolute atomic E-state index is 0.0116. The highest BCUT2D eigenvalue weighted by molar-refractivity contribution is 6.32. The van der Waals surface area contributed by atoms with E-state index in [1.54, 1.807) is 6.92 Å². The first kappa shape index (κ1) is 17.7. The molecule has 1 unspecified atom stereocenters. The van der Waals surface area contributed by atoms with Crippen molar-refractivity contribution in [2.24, 2.45) is 0 Å². The molecule has 0 bridgehead atoms. The fourth-order valence-corrected chi connectivity index (χ4v) is 2.42. The zero-order chi connectivity index (χ0) is 17.9. The van der Waals surface area contributed by atoms with Crippen LogP contribution in [0.15, 0.2) is 36.4 Å². The van der Waals surface area contributed by atoms with Gasteiger partial charge in [0.05, 0.1) is 4.92 Å². The Morgan fingerprint density at radius 3 is 2.42 bits per heavy atom. The van der Waals surface area contributed by atoms with Gasteiger partial charge in [0, 0.05) is 11.8 Å². The van der Waals surface area contributed by atoms with Gasteiger partial charge in [-0.1, -0.05) is 17.7 Å². The third kappa shape index (κ3) is 4.45. The quantitative estimate of drug-likeness (QED) is 0.646. The van der Waals surface area contributed by atoms with Gasteiger partial charge in [-0.15, -0.1) is 0 Å². The second kappa shape index (κ2) is 7.31. The predicted molar refractivity (Wildman–Crippen MR) is 92.7 cm³/mol. The summed E-state index contributed by atoms with van der Waals surface area (Å²) in [5.74, 6) is 0.183. The highest BCUT2D eigenvalue weighted by Gasteiger charge is 2.18. The third-order valence-electron chi connectivity index (χ3n) is 3.29. The molecule has 0 heterocycles. The van der Waals surface area contributed by atoms with E-state index in [4.69, 9.17) is 16.3 Å². The summed E-state index contributed by atoms with van der Waals surface area (Å²) in [6.45, 7) is 5.49. The summed E-state index contributed by atoms with van der Waals surface area (Å²) in [4.78, 5) is 22.5. The number of carbonyl (C=O) groups is 1. The van der Waals surface area contributed by atoms with E-state index in [0.29, 0.717) is 5.75 Å². The van der Waals surface area contributed by atoms with E-state index in [0.717, 1.165) is 11.1 Å². The van der Waals surface area contributed by atoms with Crippen LogP contribution in [0.2, 0.25) is 5.02 Å². The maximum absolute atomic E-state index is 12.2. The van der Waals surface area contributed by atoms with E-state index in [2.05, 4.69) is 5.32 Å². The molecule has 0 aliphatic heterocycles. The number of nitrogens with one attached hydrogen (secondary N) is 1. The second-order valence-corrected chi connectivity index (χ2v) is 5.90. The summed E-state index contributed by atoms with van der Waals surface area (Å²) in [5.41, 5.74) is 2.08. The number of aryl methyl sites for hydroxylation is 2. The number of nitrogens with zero attached hydrogens (tertiary/aromatic N) is 1. The van der Waals surface area contributed by atoms with Crippen LogP contribution in [0.25, 0.3) is 0 Å². The van der Waals surface area contributed by atoms with Crippen molar-refractivity contribution < 1.29 is 14.5 Å². The van der Waals surface area contributed by atoms with Crippen molar-refractivity contribution in [2.45, 2.75) is 26.9 Å². The molecule has 0 radical (unpaired) electrons. The molecular weight excluding hydrogens is 332 g/mol. The number of nitro groups is 1. The van der Waals surface area contributed by atoms with Gasteiger partial charge in [-0.25, -0.2) is 0 Å². The van der Waals surface area contributed by atoms with Crippen LogP contribution in [0.4, 0.5) is 11.4 Å². The van der Waals surface area contributed by atoms with Crippen molar-refractivity contribution in [3.8, 4) is 5.75 Å². The Kier molecular flexibility index (Phi) is 5.41. The Bertz CT molecular complexity index is 772. The molecule has 7 heteroatoms. The van der Waals surface area contributed by atoms with Gasteiger partial charge in [-0.2, -0.15) is 0 Å². The molecule has 2 aromatic rings. The van der Waals surface area contributed by atoms with Crippen LogP contribution in [-0.4, -0.2) is 16.9 Å². The summed E-state index contributed by atoms with van der Waals surface area (Å²) >= 11 is 5.75. The van der Waals surface area contributed by atoms with Crippen LogP contribution in [-0.2, 0) is 4.79 Å². The van der Waals surface area contributed by atoms with Crippen LogP contribution in [0.5, 0.6) is 5.75 Å². The summed E-state index contributed by atoms with van der Waals surface area (Å²) < 4.78 is 5.64. The van der Waals surface area contributed by atoms with Crippen molar-refractivity contribution in [2.75, 3.05) is 5.32 Å². The molecule has 2 aromatic carbocycles. The molecule has 0 aliphatic carbocycles. The van der Waals surface area contributed by atoms with Gasteiger partial charge < -0.3 is 10.1 Å². The molecular formula is C17H17ClN2O4. The Morgan fingerprint density at radius 1 is 1.21 bits per heavy atom. The Labute approximate surface area is 144 Å². The molecule has 1 atom stereocenters. The molecule has 0 saturated carbocycles. The van der Waals surface area contributed by atoms with E-state index in [-0.39, 0.29) is 16.4 Å². The summed E-state index contributed by atoms with van der Waals surface area (Å²) in [6.07, 6.45) is -0.763. The van der Waals surface area contributed by atoms with Gasteiger partial charge in [0.15, 0.2) is 6.10 Å². The van der Waals surface area contributed by atoms with Crippen LogP contribution in [0, 0.1) is 24.0 Å². The maximum Gasteiger partial charge on any atom is 0.289 e. The first-order chi connectivity index (χ1) is 11.3. The SMILES string of the molecule is Cc1cc(C)cc(OC(C)C(=O)Nc2ccc(Cl)c([N+](=O)[O-])c2)c1. The normalized spacial score (nSPS) is 11.7. The van der Waals surface area contributed by atoms with Gasteiger partial charge in [0.1, 0.15) is 10.8 Å². The summed E-state index contributed by atoms with van der Waals surface area (Å²) in [5, 5.41) is 13.5. The average molecular weight is 349 g/mol. The van der Waals surface area contributed by atoms with Crippen molar-refractivity contribution in [3.05, 3.63) is 62.7 Å². The molecule has 1 N–H and O–H groups in total. The van der Waals surface area contributed by atoms with Gasteiger partial charge in [-0.3, -0.25) is 14.9 Å². The zero-order valence-electron chi connectivity index (χ0n) is 13.5. The molecule has 126 valence electrons. The Morgan fingerprint density at radius 2 is 1.83 bits per heavy atom. The van der Waals surface area contributed by atoms with Gasteiger partial charge in [0.25, 0.3) is 11.6 Å². The number of benzene rings is 2. The lowest BCUT2D eigenvalue weighted by Gasteiger charge is -2.15. The van der Waals surface area contributed by atoms with Crippen LogP contribution >= 0.6 is 11.6 Å². The standard InChI is InChI=1S/C17H17ClN2O4/c1-10-6-11(2)8-14(7-10)24-12(3)17(21)19-13-4-5-15(18)16(9-13)20(22)23/h4-9,12H,1-3H3,(H,19,21). The number of amides is 1. The van der Waals surface area contributed by atoms with E-state index < -0.39 is 16.9 Å². The molecule has 0 aromatic heterocycles. The third-order valence-corrected chi connectivity index (χ3v) is 3.61. The number of hydrogen-bond acceptors (Lipinski definition) is 4. The topological polar surface area (TPSA) is 81.5 Å². The summed E-state index contributed by atoms with van der Waals surface area (Å²) in [7, 11) is 0. The van der Waals surface area contributed by atoms with Gasteiger partial charge in [-0.05, 0) is 56.2 Å². The molecule has 1 amide bonds. The lowest BCUT2D eigenvalue weighted by molar-refractivity contribution is -0.384. The van der Waals surface area contributed by atoms with Gasteiger partial charge >= 0.3 is 0 Å². The van der Waals surface area contributed by atoms with E-state index in [9.17, 15) is 14.9 Å². The predicted octanol–water partition coefficient (Wildman–Crippen LogP) is 4.27. The number of rotatable bonds is 5. The minimum atomic E-state index is -0.763. The van der Waals surface area contributed by atoms with Crippen molar-refractivity contribution in [1.82, 2.24) is 0 Å². The van der Waals surface area contributed by atoms with Crippen molar-refractivity contribution >= 4 is 28.9 Å². The Balaban J connectivity index is 2.09. The van der Waals surface area contributed by atoms with Gasteiger partial charge in [0.2, 0.25) is 0 Å². The van der Waals surface area contributed by atoms with E-state index >= 15 is 0 Å². The molecule has 2 rings (SSSR count). The first-order valence-corrected chi connectivity index (χ1v) is 7.64. The first-order valence-electron chi connectivity index (χ1n) is 7.26. The largest absolute Gasteiger partial charge is 0.481 e. The number of anilines is 1. The fraction of sp³-hybridized carbons (Fsp3) is 0.235. The highest BCUT2D eigenvalue weighted by Crippen LogP contribution is 2.27. The van der Waals surface area contributed by atoms with E-state index in [1.807, 2.05) is 32.0 Å². The minimum Gasteiger partial charge on any atom is -0.481 e. The summed E-state index contributed by atoms with van der Waals surface area (Å²) in [6, 6.07) is 9.75. The second-order valence-electron chi connectivity index (χ2n) is 5.50. The van der Waals surface area contributed by atoms with Crippen molar-refractivity contribution in [1.29, 1.82) is 0 Å². The maximum atomic E-state index is 12.2. The lowest BCUT2D eigenvalue weighted by Crippen LogP contribution is -2.30. The molecule has 24 heavy (non-hydrogen) atoms. The number of hydrogen-bond donors (Lipinski definition) is 1. The van der Waals surface area contributed by atoms with Crippen LogP contribution in [0.3, 0.4) is 0 Å². The molecule has 0 spiro atoms. The lowest BCUT2D eigenvalue weighted by atomic mass is 10.1. The number of carbonyl (C=O) groups excluding carboxylic acids is 1. The molecule has 0 aliphatic rings. The van der Waals surface area contributed by atoms with Crippen molar-refractivity contribution in [3.63, 3.8) is 0 Å². The van der Waals surface area contributed by atoms with Crippen LogP contribution in [0.1, 0.15) is 18.1 Å². The van der Waals surface area contributed by atoms with Crippen LogP contribution < -0.4 is 10.1 Å². The average Bonchev–Trinajstić information content (AvgIpc) is 2.47. The monoisotopic (exact) mass is 348 g/mol. The van der Waals surface area contributed by atoms with E-state index in [1.165, 1.54) is 18.2 Å².